The van der Waals surface area contributed by atoms with E-state index in [1.165, 1.54) is 13.8 Å². The molecule has 0 aliphatic rings. The second-order valence-corrected chi connectivity index (χ2v) is 7.96. The Labute approximate surface area is 193 Å². The van der Waals surface area contributed by atoms with Crippen molar-refractivity contribution >= 4 is 28.7 Å². The lowest BCUT2D eigenvalue weighted by Crippen LogP contribution is -2.31. The van der Waals surface area contributed by atoms with E-state index in [0.29, 0.717) is 23.8 Å². The van der Waals surface area contributed by atoms with Crippen molar-refractivity contribution in [1.29, 1.82) is 0 Å². The number of unbranched alkanes of at least 4 members (excludes halogenated alkanes) is 1. The standard InChI is InChI=1S/C22H23ClN6O4/c1-4-5-11-28-19-17(20(30)25-22(28)32)27(3)15(24-19)12-33-21(31)16-13(2)26-29(18(16)23)14-9-7-6-8-10-14/h6-10H,4-5,11-12H2,1-3H3,(H,25,30,32). The lowest BCUT2D eigenvalue weighted by Gasteiger charge is -2.05. The van der Waals surface area contributed by atoms with Gasteiger partial charge >= 0.3 is 11.7 Å². The van der Waals surface area contributed by atoms with Crippen LogP contribution in [0.15, 0.2) is 39.9 Å². The monoisotopic (exact) mass is 470 g/mol. The van der Waals surface area contributed by atoms with E-state index in [-0.39, 0.29) is 28.5 Å². The van der Waals surface area contributed by atoms with Crippen molar-refractivity contribution in [3.05, 3.63) is 73.4 Å². The summed E-state index contributed by atoms with van der Waals surface area (Å²) in [6.45, 7) is 3.89. The van der Waals surface area contributed by atoms with Gasteiger partial charge in [-0.25, -0.2) is 19.3 Å². The average molecular weight is 471 g/mol. The SMILES string of the molecule is CCCCn1c(=O)[nH]c(=O)c2c1nc(COC(=O)c1c(C)nn(-c3ccccc3)c1Cl)n2C. The molecule has 0 fully saturated rings. The molecule has 10 nitrogen and oxygen atoms in total. The molecule has 11 heteroatoms. The summed E-state index contributed by atoms with van der Waals surface area (Å²) in [7, 11) is 1.63. The molecule has 0 amide bonds. The predicted molar refractivity (Wildman–Crippen MR) is 123 cm³/mol. The number of halogens is 1. The van der Waals surface area contributed by atoms with Gasteiger partial charge in [0, 0.05) is 13.6 Å². The first-order valence-corrected chi connectivity index (χ1v) is 10.9. The Hall–Kier alpha value is -3.66. The third kappa shape index (κ3) is 4.09. The maximum atomic E-state index is 12.8. The fourth-order valence-corrected chi connectivity index (χ4v) is 3.97. The molecule has 172 valence electrons. The number of imidazole rings is 1. The number of esters is 1. The average Bonchev–Trinajstić information content (AvgIpc) is 3.28. The van der Waals surface area contributed by atoms with E-state index >= 15 is 0 Å². The van der Waals surface area contributed by atoms with Gasteiger partial charge in [-0.15, -0.1) is 0 Å². The van der Waals surface area contributed by atoms with Gasteiger partial charge in [-0.3, -0.25) is 14.3 Å². The first-order valence-electron chi connectivity index (χ1n) is 10.5. The minimum absolute atomic E-state index is 0.138. The van der Waals surface area contributed by atoms with Crippen LogP contribution in [0.1, 0.15) is 41.6 Å². The number of hydrogen-bond acceptors (Lipinski definition) is 6. The summed E-state index contributed by atoms with van der Waals surface area (Å²) >= 11 is 6.44. The molecule has 0 spiro atoms. The van der Waals surface area contributed by atoms with Crippen LogP contribution in [0.2, 0.25) is 5.15 Å². The van der Waals surface area contributed by atoms with Crippen molar-refractivity contribution in [2.75, 3.05) is 0 Å². The van der Waals surface area contributed by atoms with E-state index in [1.807, 2.05) is 37.3 Å². The Balaban J connectivity index is 1.63. The lowest BCUT2D eigenvalue weighted by molar-refractivity contribution is 0.0459. The summed E-state index contributed by atoms with van der Waals surface area (Å²) < 4.78 is 9.88. The van der Waals surface area contributed by atoms with Crippen LogP contribution in [0.25, 0.3) is 16.9 Å². The van der Waals surface area contributed by atoms with Crippen LogP contribution < -0.4 is 11.2 Å². The molecule has 3 aromatic heterocycles. The summed E-state index contributed by atoms with van der Waals surface area (Å²) in [5, 5.41) is 4.49. The van der Waals surface area contributed by atoms with Crippen LogP contribution in [0, 0.1) is 6.92 Å². The quantitative estimate of drug-likeness (QED) is 0.415. The second kappa shape index (κ2) is 9.07. The third-order valence-electron chi connectivity index (χ3n) is 5.38. The summed E-state index contributed by atoms with van der Waals surface area (Å²) in [5.74, 6) is -0.340. The predicted octanol–water partition coefficient (Wildman–Crippen LogP) is 2.73. The van der Waals surface area contributed by atoms with Crippen molar-refractivity contribution in [3.63, 3.8) is 0 Å². The minimum atomic E-state index is -0.663. The number of H-pyrrole nitrogens is 1. The zero-order valence-corrected chi connectivity index (χ0v) is 19.2. The molecule has 0 aliphatic carbocycles. The van der Waals surface area contributed by atoms with Gasteiger partial charge in [0.15, 0.2) is 11.2 Å². The maximum absolute atomic E-state index is 12.8. The van der Waals surface area contributed by atoms with Crippen molar-refractivity contribution in [1.82, 2.24) is 28.9 Å². The molecule has 0 atom stereocenters. The number of carbonyl (C=O) groups is 1. The molecular formula is C22H23ClN6O4. The number of nitrogens with one attached hydrogen (secondary N) is 1. The molecule has 4 aromatic rings. The lowest BCUT2D eigenvalue weighted by atomic mass is 10.2. The molecule has 0 saturated carbocycles. The molecular weight excluding hydrogens is 448 g/mol. The van der Waals surface area contributed by atoms with Gasteiger partial charge in [-0.05, 0) is 25.5 Å². The first-order chi connectivity index (χ1) is 15.8. The highest BCUT2D eigenvalue weighted by Crippen LogP contribution is 2.24. The second-order valence-electron chi connectivity index (χ2n) is 7.60. The molecule has 1 aromatic carbocycles. The number of nitrogens with zero attached hydrogens (tertiary/aromatic N) is 5. The summed E-state index contributed by atoms with van der Waals surface area (Å²) in [4.78, 5) is 44.2. The molecule has 0 radical (unpaired) electrons. The van der Waals surface area contributed by atoms with Crippen LogP contribution in [-0.4, -0.2) is 34.9 Å². The summed E-state index contributed by atoms with van der Waals surface area (Å²) in [6, 6.07) is 9.19. The minimum Gasteiger partial charge on any atom is -0.454 e. The molecule has 0 bridgehead atoms. The number of aryl methyl sites for hydroxylation is 3. The molecule has 4 rings (SSSR count). The largest absolute Gasteiger partial charge is 0.454 e. The Bertz CT molecular complexity index is 1450. The highest BCUT2D eigenvalue weighted by atomic mass is 35.5. The van der Waals surface area contributed by atoms with Crippen molar-refractivity contribution < 1.29 is 9.53 Å². The highest BCUT2D eigenvalue weighted by molar-refractivity contribution is 6.33. The number of hydrogen-bond donors (Lipinski definition) is 1. The number of aromatic nitrogens is 6. The van der Waals surface area contributed by atoms with Gasteiger partial charge < -0.3 is 9.30 Å². The fourth-order valence-electron chi connectivity index (χ4n) is 3.62. The number of aromatic amines is 1. The number of ether oxygens (including phenoxy) is 1. The van der Waals surface area contributed by atoms with Crippen LogP contribution in [-0.2, 0) is 24.9 Å². The summed E-state index contributed by atoms with van der Waals surface area (Å²) in [5.41, 5.74) is 0.723. The van der Waals surface area contributed by atoms with Gasteiger partial charge in [0.2, 0.25) is 0 Å². The summed E-state index contributed by atoms with van der Waals surface area (Å²) in [6.07, 6.45) is 1.63. The van der Waals surface area contributed by atoms with E-state index in [0.717, 1.165) is 12.8 Å². The van der Waals surface area contributed by atoms with E-state index in [2.05, 4.69) is 15.1 Å². The number of fused-ring (bicyclic) bond motifs is 1. The van der Waals surface area contributed by atoms with Gasteiger partial charge in [-0.1, -0.05) is 43.1 Å². The first kappa shape index (κ1) is 22.5. The van der Waals surface area contributed by atoms with E-state index in [9.17, 15) is 14.4 Å². The molecule has 33 heavy (non-hydrogen) atoms. The Morgan fingerprint density at radius 3 is 2.64 bits per heavy atom. The Kier molecular flexibility index (Phi) is 6.19. The van der Waals surface area contributed by atoms with Crippen LogP contribution in [0.3, 0.4) is 0 Å². The number of carbonyl (C=O) groups excluding carboxylic acids is 1. The smallest absolute Gasteiger partial charge is 0.343 e. The van der Waals surface area contributed by atoms with Gasteiger partial charge in [0.25, 0.3) is 5.56 Å². The molecule has 0 unspecified atom stereocenters. The number of benzene rings is 1. The van der Waals surface area contributed by atoms with Crippen LogP contribution in [0.5, 0.6) is 0 Å². The van der Waals surface area contributed by atoms with Gasteiger partial charge in [0.1, 0.15) is 23.1 Å². The molecule has 0 saturated heterocycles. The van der Waals surface area contributed by atoms with Crippen molar-refractivity contribution in [3.8, 4) is 5.69 Å². The Morgan fingerprint density at radius 1 is 1.21 bits per heavy atom. The maximum Gasteiger partial charge on any atom is 0.343 e. The zero-order chi connectivity index (χ0) is 23.7. The van der Waals surface area contributed by atoms with Crippen molar-refractivity contribution in [2.24, 2.45) is 7.05 Å². The fraction of sp³-hybridized carbons (Fsp3) is 0.318. The number of para-hydroxylation sites is 1. The topological polar surface area (TPSA) is 117 Å². The Morgan fingerprint density at radius 2 is 1.94 bits per heavy atom. The van der Waals surface area contributed by atoms with E-state index < -0.39 is 17.2 Å². The van der Waals surface area contributed by atoms with Crippen LogP contribution in [0.4, 0.5) is 0 Å². The van der Waals surface area contributed by atoms with E-state index in [1.54, 1.807) is 14.0 Å². The third-order valence-corrected chi connectivity index (χ3v) is 5.73. The number of rotatable bonds is 7. The van der Waals surface area contributed by atoms with Gasteiger partial charge in [0.05, 0.1) is 11.4 Å². The molecule has 0 aliphatic heterocycles. The van der Waals surface area contributed by atoms with Crippen molar-refractivity contribution in [2.45, 2.75) is 39.8 Å². The molecule has 3 heterocycles. The highest BCUT2D eigenvalue weighted by Gasteiger charge is 2.24. The molecule has 1 N–H and O–H groups in total. The van der Waals surface area contributed by atoms with Gasteiger partial charge in [-0.2, -0.15) is 5.10 Å². The normalized spacial score (nSPS) is 11.3. The van der Waals surface area contributed by atoms with E-state index in [4.69, 9.17) is 16.3 Å². The zero-order valence-electron chi connectivity index (χ0n) is 18.5. The van der Waals surface area contributed by atoms with Crippen LogP contribution >= 0.6 is 11.6 Å².